The zero-order chi connectivity index (χ0) is 8.48. The van der Waals surface area contributed by atoms with Gasteiger partial charge in [0.05, 0.1) is 0 Å². The Labute approximate surface area is 101 Å². The molecule has 0 saturated heterocycles. The Morgan fingerprint density at radius 1 is 1.25 bits per heavy atom. The first kappa shape index (κ1) is 12.3. The number of aryl methyl sites for hydroxylation is 1. The van der Waals surface area contributed by atoms with Crippen LogP contribution in [0.15, 0.2) is 18.2 Å². The normalized spacial score (nSPS) is 10.7. The molecule has 0 heterocycles. The molecule has 0 unspecified atom stereocenters. The van der Waals surface area contributed by atoms with Crippen molar-refractivity contribution >= 4 is 0 Å². The summed E-state index contributed by atoms with van der Waals surface area (Å²) in [6.07, 6.45) is 0. The van der Waals surface area contributed by atoms with Crippen LogP contribution in [0.1, 0.15) is 31.9 Å². The van der Waals surface area contributed by atoms with Crippen LogP contribution in [0.25, 0.3) is 0 Å². The van der Waals surface area contributed by atoms with Gasteiger partial charge in [-0.05, 0) is 5.41 Å². The molecule has 0 spiro atoms. The minimum absolute atomic E-state index is 0. The number of hydrogen-bond donors (Lipinski definition) is 0. The summed E-state index contributed by atoms with van der Waals surface area (Å²) in [7, 11) is 0. The summed E-state index contributed by atoms with van der Waals surface area (Å²) in [5.41, 5.74) is 2.87. The molecule has 60 valence electrons. The van der Waals surface area contributed by atoms with E-state index in [1.807, 2.05) is 6.07 Å². The molecule has 0 aliphatic heterocycles. The predicted molar refractivity (Wildman–Crippen MR) is 48.7 cm³/mol. The van der Waals surface area contributed by atoms with E-state index in [0.717, 1.165) is 0 Å². The first-order valence-corrected chi connectivity index (χ1v) is 3.99. The molecule has 0 N–H and O–H groups in total. The molecule has 0 fully saturated rings. The fourth-order valence-corrected chi connectivity index (χ4v) is 1.05. The summed E-state index contributed by atoms with van der Waals surface area (Å²) in [5.74, 6) is 0. The van der Waals surface area contributed by atoms with Crippen molar-refractivity contribution in [2.45, 2.75) is 33.1 Å². The van der Waals surface area contributed by atoms with E-state index in [2.05, 4.69) is 45.9 Å². The van der Waals surface area contributed by atoms with Crippen molar-refractivity contribution in [1.29, 1.82) is 0 Å². The molecule has 1 aromatic rings. The van der Waals surface area contributed by atoms with E-state index in [-0.39, 0.29) is 38.1 Å². The van der Waals surface area contributed by atoms with Crippen molar-refractivity contribution in [3.8, 4) is 0 Å². The third-order valence-electron chi connectivity index (χ3n) is 1.81. The van der Waals surface area contributed by atoms with Gasteiger partial charge in [0.1, 0.15) is 0 Å². The van der Waals surface area contributed by atoms with Crippen LogP contribution in [-0.4, -0.2) is 0 Å². The Morgan fingerprint density at radius 2 is 1.83 bits per heavy atom. The average molecular weight is 236 g/mol. The molecule has 0 nitrogen and oxygen atoms in total. The molecule has 0 bridgehead atoms. The largest absolute Gasteiger partial charge is 3.00 e. The molecule has 0 radical (unpaired) electrons. The van der Waals surface area contributed by atoms with Crippen molar-refractivity contribution in [3.63, 3.8) is 0 Å². The van der Waals surface area contributed by atoms with Crippen LogP contribution < -0.4 is 0 Å². The molecule has 0 saturated carbocycles. The van der Waals surface area contributed by atoms with Gasteiger partial charge in [-0.2, -0.15) is 35.4 Å². The molecule has 0 aliphatic carbocycles. The fourth-order valence-electron chi connectivity index (χ4n) is 1.05. The van der Waals surface area contributed by atoms with Gasteiger partial charge < -0.3 is 0 Å². The smallest absolute Gasteiger partial charge is 0.181 e. The average Bonchev–Trinajstić information content (AvgIpc) is 1.86. The second-order valence-electron chi connectivity index (χ2n) is 4.01. The van der Waals surface area contributed by atoms with Gasteiger partial charge in [0.25, 0.3) is 0 Å². The second-order valence-corrected chi connectivity index (χ2v) is 4.01. The van der Waals surface area contributed by atoms with Crippen LogP contribution in [0.4, 0.5) is 0 Å². The molecule has 0 amide bonds. The summed E-state index contributed by atoms with van der Waals surface area (Å²) in [4.78, 5) is 0. The van der Waals surface area contributed by atoms with E-state index in [0.29, 0.717) is 0 Å². The maximum absolute atomic E-state index is 3.14. The molecule has 0 aliphatic rings. The van der Waals surface area contributed by atoms with E-state index in [1.165, 1.54) is 11.1 Å². The van der Waals surface area contributed by atoms with Gasteiger partial charge in [-0.25, -0.2) is 0 Å². The van der Waals surface area contributed by atoms with Gasteiger partial charge in [-0.15, -0.1) is 0 Å². The van der Waals surface area contributed by atoms with Crippen LogP contribution in [0, 0.1) is 13.0 Å². The van der Waals surface area contributed by atoms with E-state index >= 15 is 0 Å². The molecule has 1 rings (SSSR count). The van der Waals surface area contributed by atoms with Gasteiger partial charge in [-0.1, -0.05) is 27.7 Å². The van der Waals surface area contributed by atoms with Gasteiger partial charge in [-0.3, -0.25) is 0 Å². The van der Waals surface area contributed by atoms with Crippen molar-refractivity contribution in [2.24, 2.45) is 0 Å². The van der Waals surface area contributed by atoms with Crippen LogP contribution in [0.2, 0.25) is 0 Å². The Hall–Kier alpha value is 0.324. The van der Waals surface area contributed by atoms with E-state index in [9.17, 15) is 0 Å². The van der Waals surface area contributed by atoms with Crippen LogP contribution >= 0.6 is 0 Å². The first-order chi connectivity index (χ1) is 5.00. The zero-order valence-electron chi connectivity index (χ0n) is 8.31. The maximum Gasteiger partial charge on any atom is 3.00 e. The Bertz CT molecular complexity index is 245. The molecule has 1 heteroatoms. The van der Waals surface area contributed by atoms with E-state index in [4.69, 9.17) is 0 Å². The summed E-state index contributed by atoms with van der Waals surface area (Å²) >= 11 is 0. The third-order valence-corrected chi connectivity index (χ3v) is 1.81. The monoisotopic (exact) mass is 236 g/mol. The number of rotatable bonds is 0. The Balaban J connectivity index is 0.00000121. The molecular weight excluding hydrogens is 221 g/mol. The number of benzene rings is 1. The van der Waals surface area contributed by atoms with Crippen molar-refractivity contribution < 1.29 is 32.7 Å². The van der Waals surface area contributed by atoms with Gasteiger partial charge in [0.15, 0.2) is 0 Å². The molecule has 0 aromatic heterocycles. The maximum atomic E-state index is 3.14. The molecule has 0 atom stereocenters. The quantitative estimate of drug-likeness (QED) is 0.607. The number of hydrogen-bond acceptors (Lipinski definition) is 0. The standard InChI is InChI=1S/C11H15.Y/c1-9-6-5-7-10(8-9)11(2,3)4;/h5,7-8H,1-4H3;/q-1;+3. The molecule has 12 heavy (non-hydrogen) atoms. The minimum atomic E-state index is 0. The van der Waals surface area contributed by atoms with Crippen LogP contribution in [0.5, 0.6) is 0 Å². The van der Waals surface area contributed by atoms with Crippen LogP contribution in [0.3, 0.4) is 0 Å². The second kappa shape index (κ2) is 4.53. The fraction of sp³-hybridized carbons (Fsp3) is 0.455. The topological polar surface area (TPSA) is 0 Å². The van der Waals surface area contributed by atoms with Gasteiger partial charge in [0.2, 0.25) is 0 Å². The summed E-state index contributed by atoms with van der Waals surface area (Å²) in [5, 5.41) is 0. The minimum Gasteiger partial charge on any atom is -0.181 e. The predicted octanol–water partition coefficient (Wildman–Crippen LogP) is 3.09. The third kappa shape index (κ3) is 3.37. The first-order valence-electron chi connectivity index (χ1n) is 3.99. The summed E-state index contributed by atoms with van der Waals surface area (Å²) in [6, 6.07) is 9.47. The van der Waals surface area contributed by atoms with Gasteiger partial charge >= 0.3 is 32.7 Å². The van der Waals surface area contributed by atoms with Crippen molar-refractivity contribution in [1.82, 2.24) is 0 Å². The Morgan fingerprint density at radius 3 is 2.17 bits per heavy atom. The zero-order valence-corrected chi connectivity index (χ0v) is 11.1. The molecule has 1 aromatic carbocycles. The summed E-state index contributed by atoms with van der Waals surface area (Å²) < 4.78 is 0. The Kier molecular flexibility index (Phi) is 4.65. The molecular formula is C11H15Y+2. The van der Waals surface area contributed by atoms with Crippen molar-refractivity contribution in [3.05, 3.63) is 35.4 Å². The van der Waals surface area contributed by atoms with E-state index < -0.39 is 0 Å². The van der Waals surface area contributed by atoms with E-state index in [1.54, 1.807) is 0 Å². The van der Waals surface area contributed by atoms with Gasteiger partial charge in [0, 0.05) is 0 Å². The summed E-state index contributed by atoms with van der Waals surface area (Å²) in [6.45, 7) is 8.75. The van der Waals surface area contributed by atoms with Crippen LogP contribution in [-0.2, 0) is 38.1 Å². The SMILES string of the molecule is Cc1[c-]ccc(C(C)(C)C)c1.[Y+3]. The van der Waals surface area contributed by atoms with Crippen molar-refractivity contribution in [2.75, 3.05) is 0 Å².